The first kappa shape index (κ1) is 24.0. The van der Waals surface area contributed by atoms with Crippen LogP contribution in [-0.2, 0) is 24.2 Å². The Morgan fingerprint density at radius 1 is 0.971 bits per heavy atom. The second kappa shape index (κ2) is 11.8. The van der Waals surface area contributed by atoms with E-state index >= 15 is 0 Å². The third kappa shape index (κ3) is 6.48. The molecule has 0 aliphatic rings. The molecule has 0 saturated heterocycles. The molecule has 0 fully saturated rings. The number of ether oxygens (including phenoxy) is 1. The highest BCUT2D eigenvalue weighted by Crippen LogP contribution is 2.21. The zero-order valence-electron chi connectivity index (χ0n) is 19.5. The summed E-state index contributed by atoms with van der Waals surface area (Å²) in [6.45, 7) is 1.50. The van der Waals surface area contributed by atoms with Crippen molar-refractivity contribution >= 4 is 32.9 Å². The summed E-state index contributed by atoms with van der Waals surface area (Å²) in [5.74, 6) is 1.97. The van der Waals surface area contributed by atoms with E-state index in [2.05, 4.69) is 62.2 Å². The molecule has 0 saturated carbocycles. The maximum atomic E-state index is 12.2. The van der Waals surface area contributed by atoms with Crippen LogP contribution >= 0.6 is 15.9 Å². The van der Waals surface area contributed by atoms with Gasteiger partial charge in [-0.1, -0.05) is 58.7 Å². The highest BCUT2D eigenvalue weighted by molar-refractivity contribution is 9.10. The van der Waals surface area contributed by atoms with Crippen LogP contribution in [-0.4, -0.2) is 29.1 Å². The van der Waals surface area contributed by atoms with Gasteiger partial charge in [-0.05, 0) is 60.4 Å². The monoisotopic (exact) mass is 519 g/mol. The lowest BCUT2D eigenvalue weighted by atomic mass is 10.1. The lowest BCUT2D eigenvalue weighted by Crippen LogP contribution is -2.26. The summed E-state index contributed by atoms with van der Waals surface area (Å²) < 4.78 is 8.57. The van der Waals surface area contributed by atoms with E-state index in [1.54, 1.807) is 7.11 Å². The van der Waals surface area contributed by atoms with Gasteiger partial charge in [-0.15, -0.1) is 0 Å². The van der Waals surface area contributed by atoms with Crippen LogP contribution in [0.2, 0.25) is 0 Å². The third-order valence-corrected chi connectivity index (χ3v) is 6.38. The van der Waals surface area contributed by atoms with Gasteiger partial charge in [0, 0.05) is 24.0 Å². The number of benzene rings is 3. The van der Waals surface area contributed by atoms with Crippen molar-refractivity contribution < 1.29 is 9.53 Å². The predicted octanol–water partition coefficient (Wildman–Crippen LogP) is 5.93. The number of unbranched alkanes of at least 4 members (excludes halogenated alkanes) is 2. The molecule has 5 nitrogen and oxygen atoms in total. The number of hydrogen-bond acceptors (Lipinski definition) is 3. The minimum atomic E-state index is 0.0565. The second-order valence-electron chi connectivity index (χ2n) is 8.42. The van der Waals surface area contributed by atoms with Crippen LogP contribution < -0.4 is 10.1 Å². The van der Waals surface area contributed by atoms with Crippen LogP contribution in [0.15, 0.2) is 77.3 Å². The summed E-state index contributed by atoms with van der Waals surface area (Å²) in [5, 5.41) is 3.03. The van der Waals surface area contributed by atoms with Crippen molar-refractivity contribution in [2.45, 2.75) is 38.6 Å². The SMILES string of the molecule is COc1ccc(CC(=O)NCCCCCc2nc3ccccc3n2Cc2cccc(Br)c2)cc1. The third-order valence-electron chi connectivity index (χ3n) is 5.89. The summed E-state index contributed by atoms with van der Waals surface area (Å²) in [7, 11) is 1.64. The Labute approximate surface area is 209 Å². The molecule has 4 rings (SSSR count). The van der Waals surface area contributed by atoms with Crippen molar-refractivity contribution in [2.24, 2.45) is 0 Å². The lowest BCUT2D eigenvalue weighted by Gasteiger charge is -2.10. The number of para-hydroxylation sites is 2. The smallest absolute Gasteiger partial charge is 0.224 e. The van der Waals surface area contributed by atoms with Crippen LogP contribution in [0.3, 0.4) is 0 Å². The molecule has 0 unspecified atom stereocenters. The highest BCUT2D eigenvalue weighted by atomic mass is 79.9. The van der Waals surface area contributed by atoms with Crippen LogP contribution in [0, 0.1) is 0 Å². The molecular weight excluding hydrogens is 490 g/mol. The summed E-state index contributed by atoms with van der Waals surface area (Å²) in [6.07, 6.45) is 4.35. The van der Waals surface area contributed by atoms with E-state index in [1.165, 1.54) is 11.1 Å². The number of nitrogens with one attached hydrogen (secondary N) is 1. The molecule has 0 radical (unpaired) electrons. The number of amides is 1. The van der Waals surface area contributed by atoms with E-state index in [0.29, 0.717) is 13.0 Å². The molecule has 176 valence electrons. The first-order chi connectivity index (χ1) is 16.6. The molecule has 4 aromatic rings. The van der Waals surface area contributed by atoms with Gasteiger partial charge >= 0.3 is 0 Å². The molecule has 1 N–H and O–H groups in total. The standard InChI is InChI=1S/C28H30BrN3O2/c1-34-24-15-13-21(14-16-24)19-28(33)30-17-6-2-3-12-27-31-25-10-4-5-11-26(25)32(27)20-22-8-7-9-23(29)18-22/h4-5,7-11,13-16,18H,2-3,6,12,17,19-20H2,1H3,(H,30,33). The molecule has 0 spiro atoms. The van der Waals surface area contributed by atoms with Crippen molar-refractivity contribution in [3.05, 3.63) is 94.2 Å². The van der Waals surface area contributed by atoms with Gasteiger partial charge in [0.1, 0.15) is 11.6 Å². The van der Waals surface area contributed by atoms with Crippen molar-refractivity contribution in [1.29, 1.82) is 0 Å². The molecule has 34 heavy (non-hydrogen) atoms. The van der Waals surface area contributed by atoms with Gasteiger partial charge in [0.2, 0.25) is 5.91 Å². The van der Waals surface area contributed by atoms with Crippen molar-refractivity contribution in [1.82, 2.24) is 14.9 Å². The summed E-state index contributed by atoms with van der Waals surface area (Å²) in [4.78, 5) is 17.1. The molecule has 1 aromatic heterocycles. The van der Waals surface area contributed by atoms with E-state index in [4.69, 9.17) is 9.72 Å². The molecule has 6 heteroatoms. The molecule has 3 aromatic carbocycles. The van der Waals surface area contributed by atoms with E-state index in [9.17, 15) is 4.79 Å². The van der Waals surface area contributed by atoms with E-state index in [-0.39, 0.29) is 5.91 Å². The number of nitrogens with zero attached hydrogens (tertiary/aromatic N) is 2. The van der Waals surface area contributed by atoms with E-state index in [1.807, 2.05) is 36.4 Å². The Morgan fingerprint density at radius 2 is 1.79 bits per heavy atom. The van der Waals surface area contributed by atoms with Crippen molar-refractivity contribution in [2.75, 3.05) is 13.7 Å². The number of aromatic nitrogens is 2. The molecule has 0 aliphatic carbocycles. The minimum absolute atomic E-state index is 0.0565. The van der Waals surface area contributed by atoms with Gasteiger partial charge in [0.15, 0.2) is 0 Å². The normalized spacial score (nSPS) is 11.0. The fourth-order valence-electron chi connectivity index (χ4n) is 4.11. The molecular formula is C28H30BrN3O2. The van der Waals surface area contributed by atoms with Gasteiger partial charge in [-0.2, -0.15) is 0 Å². The van der Waals surface area contributed by atoms with Crippen LogP contribution in [0.5, 0.6) is 5.75 Å². The number of fused-ring (bicyclic) bond motifs is 1. The Bertz CT molecular complexity index is 1230. The van der Waals surface area contributed by atoms with Crippen molar-refractivity contribution in [3.8, 4) is 5.75 Å². The van der Waals surface area contributed by atoms with Crippen LogP contribution in [0.25, 0.3) is 11.0 Å². The van der Waals surface area contributed by atoms with Crippen LogP contribution in [0.4, 0.5) is 0 Å². The molecule has 0 bridgehead atoms. The Hall–Kier alpha value is -3.12. The number of methoxy groups -OCH3 is 1. The zero-order valence-corrected chi connectivity index (χ0v) is 21.1. The second-order valence-corrected chi connectivity index (χ2v) is 9.33. The Kier molecular flexibility index (Phi) is 8.36. The zero-order chi connectivity index (χ0) is 23.8. The van der Waals surface area contributed by atoms with Gasteiger partial charge in [-0.25, -0.2) is 4.98 Å². The Morgan fingerprint density at radius 3 is 2.59 bits per heavy atom. The number of imidazole rings is 1. The molecule has 0 aliphatic heterocycles. The number of carbonyl (C=O) groups excluding carboxylic acids is 1. The topological polar surface area (TPSA) is 56.1 Å². The molecule has 0 atom stereocenters. The summed E-state index contributed by atoms with van der Waals surface area (Å²) in [5.41, 5.74) is 4.45. The van der Waals surface area contributed by atoms with E-state index < -0.39 is 0 Å². The average molecular weight is 520 g/mol. The molecule has 1 amide bonds. The average Bonchev–Trinajstić information content (AvgIpc) is 3.19. The number of hydrogen-bond donors (Lipinski definition) is 1. The fraction of sp³-hybridized carbons (Fsp3) is 0.286. The Balaban J connectivity index is 1.26. The highest BCUT2D eigenvalue weighted by Gasteiger charge is 2.11. The number of aryl methyl sites for hydroxylation is 1. The maximum absolute atomic E-state index is 12.2. The first-order valence-electron chi connectivity index (χ1n) is 11.7. The lowest BCUT2D eigenvalue weighted by molar-refractivity contribution is -0.120. The first-order valence-corrected chi connectivity index (χ1v) is 12.5. The number of rotatable bonds is 11. The maximum Gasteiger partial charge on any atom is 0.224 e. The number of halogens is 1. The number of carbonyl (C=O) groups is 1. The van der Waals surface area contributed by atoms with Gasteiger partial charge in [0.05, 0.1) is 24.6 Å². The minimum Gasteiger partial charge on any atom is -0.497 e. The molecule has 1 heterocycles. The summed E-state index contributed by atoms with van der Waals surface area (Å²) >= 11 is 3.57. The van der Waals surface area contributed by atoms with Gasteiger partial charge in [-0.3, -0.25) is 4.79 Å². The summed E-state index contributed by atoms with van der Waals surface area (Å²) in [6, 6.07) is 24.4. The van der Waals surface area contributed by atoms with Gasteiger partial charge in [0.25, 0.3) is 0 Å². The van der Waals surface area contributed by atoms with Crippen molar-refractivity contribution in [3.63, 3.8) is 0 Å². The van der Waals surface area contributed by atoms with Gasteiger partial charge < -0.3 is 14.6 Å². The quantitative estimate of drug-likeness (QED) is 0.250. The predicted molar refractivity (Wildman–Crippen MR) is 140 cm³/mol. The largest absolute Gasteiger partial charge is 0.497 e. The fourth-order valence-corrected chi connectivity index (χ4v) is 4.56. The van der Waals surface area contributed by atoms with E-state index in [0.717, 1.165) is 59.4 Å². The van der Waals surface area contributed by atoms with Crippen LogP contribution in [0.1, 0.15) is 36.2 Å².